The standard InChI is InChI=1S/C11H14NOS.C7H8O3S/c1-4-12-8(2)14-11-7-9(13-3)5-6-10(11)12;1-6-2-4-7(5-3-6)11(8,9)10/h5-7H,4H2,1-3H3;2-5H,1H3,(H,8,9,10)/q+1;/p-1. The van der Waals surface area contributed by atoms with Crippen LogP contribution < -0.4 is 9.30 Å². The Morgan fingerprint density at radius 1 is 1.12 bits per heavy atom. The molecule has 0 aliphatic heterocycles. The Bertz CT molecular complexity index is 961. The molecule has 25 heavy (non-hydrogen) atoms. The second-order valence-electron chi connectivity index (χ2n) is 5.47. The number of hydrogen-bond donors (Lipinski definition) is 0. The van der Waals surface area contributed by atoms with Crippen LogP contribution in [0.5, 0.6) is 5.75 Å². The summed E-state index contributed by atoms with van der Waals surface area (Å²) >= 11 is 1.82. The van der Waals surface area contributed by atoms with Gasteiger partial charge in [0.05, 0.1) is 12.0 Å². The predicted octanol–water partition coefficient (Wildman–Crippen LogP) is 3.42. The summed E-state index contributed by atoms with van der Waals surface area (Å²) in [5, 5.41) is 1.34. The molecule has 0 unspecified atom stereocenters. The topological polar surface area (TPSA) is 70.3 Å². The molecule has 0 fully saturated rings. The number of aryl methyl sites for hydroxylation is 3. The molecule has 0 aliphatic carbocycles. The van der Waals surface area contributed by atoms with Gasteiger partial charge in [-0.15, -0.1) is 0 Å². The van der Waals surface area contributed by atoms with Crippen molar-refractivity contribution >= 4 is 31.7 Å². The third-order valence-corrected chi connectivity index (χ3v) is 5.63. The van der Waals surface area contributed by atoms with Gasteiger partial charge in [0.1, 0.15) is 27.1 Å². The van der Waals surface area contributed by atoms with Crippen molar-refractivity contribution in [2.24, 2.45) is 0 Å². The van der Waals surface area contributed by atoms with Crippen LogP contribution in [0.15, 0.2) is 47.4 Å². The lowest BCUT2D eigenvalue weighted by atomic mass is 10.2. The Hall–Kier alpha value is -1.96. The number of hydrogen-bond acceptors (Lipinski definition) is 5. The number of aromatic nitrogens is 1. The van der Waals surface area contributed by atoms with E-state index in [1.807, 2.05) is 24.3 Å². The number of rotatable bonds is 3. The normalized spacial score (nSPS) is 11.1. The van der Waals surface area contributed by atoms with Gasteiger partial charge in [0.2, 0.25) is 10.5 Å². The second-order valence-corrected chi connectivity index (χ2v) is 8.08. The number of nitrogens with zero attached hydrogens (tertiary/aromatic N) is 1. The van der Waals surface area contributed by atoms with Crippen molar-refractivity contribution in [1.82, 2.24) is 0 Å². The maximum atomic E-state index is 10.4. The van der Waals surface area contributed by atoms with Crippen molar-refractivity contribution in [3.63, 3.8) is 0 Å². The fourth-order valence-electron chi connectivity index (χ4n) is 2.41. The van der Waals surface area contributed by atoms with E-state index in [0.29, 0.717) is 0 Å². The summed E-state index contributed by atoms with van der Waals surface area (Å²) in [5.74, 6) is 0.932. The Morgan fingerprint density at radius 3 is 2.28 bits per heavy atom. The molecular weight excluding hydrogens is 358 g/mol. The van der Waals surface area contributed by atoms with E-state index in [2.05, 4.69) is 30.5 Å². The molecule has 0 N–H and O–H groups in total. The number of benzene rings is 2. The second kappa shape index (κ2) is 7.95. The van der Waals surface area contributed by atoms with E-state index in [1.54, 1.807) is 19.2 Å². The van der Waals surface area contributed by atoms with Crippen LogP contribution in [0.1, 0.15) is 17.5 Å². The Kier molecular flexibility index (Phi) is 6.16. The Morgan fingerprint density at radius 2 is 1.76 bits per heavy atom. The first-order valence-electron chi connectivity index (χ1n) is 7.75. The van der Waals surface area contributed by atoms with Gasteiger partial charge < -0.3 is 9.29 Å². The Balaban J connectivity index is 0.000000186. The minimum absolute atomic E-state index is 0.178. The van der Waals surface area contributed by atoms with Gasteiger partial charge in [0.25, 0.3) is 0 Å². The average molecular weight is 380 g/mol. The van der Waals surface area contributed by atoms with Crippen molar-refractivity contribution in [1.29, 1.82) is 0 Å². The molecule has 134 valence electrons. The summed E-state index contributed by atoms with van der Waals surface area (Å²) in [6.45, 7) is 7.17. The first-order chi connectivity index (χ1) is 11.8. The van der Waals surface area contributed by atoms with Gasteiger partial charge in [-0.25, -0.2) is 8.42 Å². The fraction of sp³-hybridized carbons (Fsp3) is 0.278. The van der Waals surface area contributed by atoms with Gasteiger partial charge in [0.15, 0.2) is 0 Å². The largest absolute Gasteiger partial charge is 0.744 e. The van der Waals surface area contributed by atoms with Crippen LogP contribution in [-0.4, -0.2) is 20.1 Å². The number of ether oxygens (including phenoxy) is 1. The van der Waals surface area contributed by atoms with Crippen LogP contribution >= 0.6 is 11.3 Å². The zero-order chi connectivity index (χ0) is 18.6. The molecule has 1 aromatic heterocycles. The van der Waals surface area contributed by atoms with E-state index in [9.17, 15) is 13.0 Å². The van der Waals surface area contributed by atoms with Crippen LogP contribution in [0.3, 0.4) is 0 Å². The summed E-state index contributed by atoms with van der Waals surface area (Å²) in [5.41, 5.74) is 2.23. The predicted molar refractivity (Wildman–Crippen MR) is 98.1 cm³/mol. The number of thiazole rings is 1. The molecule has 0 bridgehead atoms. The lowest BCUT2D eigenvalue weighted by Gasteiger charge is -2.05. The molecule has 3 aromatic rings. The molecular formula is C18H21NO4S2. The van der Waals surface area contributed by atoms with E-state index in [0.717, 1.165) is 17.9 Å². The van der Waals surface area contributed by atoms with E-state index in [-0.39, 0.29) is 4.90 Å². The highest BCUT2D eigenvalue weighted by atomic mass is 32.2. The summed E-state index contributed by atoms with van der Waals surface area (Å²) in [4.78, 5) is -0.178. The van der Waals surface area contributed by atoms with Gasteiger partial charge in [-0.2, -0.15) is 4.57 Å². The molecule has 3 rings (SSSR count). The van der Waals surface area contributed by atoms with E-state index < -0.39 is 10.1 Å². The number of methoxy groups -OCH3 is 1. The van der Waals surface area contributed by atoms with Gasteiger partial charge in [-0.1, -0.05) is 29.0 Å². The molecule has 0 saturated heterocycles. The Labute approximate surface area is 152 Å². The van der Waals surface area contributed by atoms with Crippen LogP contribution in [-0.2, 0) is 16.7 Å². The van der Waals surface area contributed by atoms with Crippen LogP contribution in [0.2, 0.25) is 0 Å². The first-order valence-corrected chi connectivity index (χ1v) is 9.98. The van der Waals surface area contributed by atoms with Crippen molar-refractivity contribution in [2.75, 3.05) is 7.11 Å². The molecule has 7 heteroatoms. The summed E-state index contributed by atoms with van der Waals surface area (Å²) < 4.78 is 40.0. The summed E-state index contributed by atoms with van der Waals surface area (Å²) in [6, 6.07) is 12.0. The van der Waals surface area contributed by atoms with Crippen molar-refractivity contribution in [2.45, 2.75) is 32.2 Å². The van der Waals surface area contributed by atoms with Gasteiger partial charge in [-0.05, 0) is 32.0 Å². The highest BCUT2D eigenvalue weighted by Crippen LogP contribution is 2.24. The molecule has 0 amide bonds. The van der Waals surface area contributed by atoms with Crippen molar-refractivity contribution in [3.8, 4) is 5.75 Å². The molecule has 5 nitrogen and oxygen atoms in total. The molecule has 0 radical (unpaired) electrons. The van der Waals surface area contributed by atoms with Crippen molar-refractivity contribution in [3.05, 3.63) is 53.0 Å². The highest BCUT2D eigenvalue weighted by Gasteiger charge is 2.15. The van der Waals surface area contributed by atoms with Gasteiger partial charge >= 0.3 is 0 Å². The van der Waals surface area contributed by atoms with Crippen LogP contribution in [0.4, 0.5) is 0 Å². The number of fused-ring (bicyclic) bond motifs is 1. The van der Waals surface area contributed by atoms with Crippen LogP contribution in [0, 0.1) is 13.8 Å². The van der Waals surface area contributed by atoms with E-state index >= 15 is 0 Å². The zero-order valence-electron chi connectivity index (χ0n) is 14.6. The molecule has 0 aliphatic rings. The monoisotopic (exact) mass is 379 g/mol. The van der Waals surface area contributed by atoms with Crippen molar-refractivity contribution < 1.29 is 22.3 Å². The summed E-state index contributed by atoms with van der Waals surface area (Å²) in [7, 11) is -2.57. The maximum absolute atomic E-state index is 10.4. The minimum atomic E-state index is -4.27. The molecule has 0 atom stereocenters. The average Bonchev–Trinajstić information content (AvgIpc) is 2.88. The fourth-order valence-corrected chi connectivity index (χ4v) is 3.99. The molecule has 0 spiro atoms. The maximum Gasteiger partial charge on any atom is 0.235 e. The SMILES string of the molecule is CC[n+]1c(C)sc2cc(OC)ccc21.Cc1ccc(S(=O)(=O)[O-])cc1. The minimum Gasteiger partial charge on any atom is -0.744 e. The van der Waals surface area contributed by atoms with Gasteiger partial charge in [0, 0.05) is 19.1 Å². The molecule has 1 heterocycles. The summed E-state index contributed by atoms with van der Waals surface area (Å²) in [6.07, 6.45) is 0. The van der Waals surface area contributed by atoms with Crippen LogP contribution in [0.25, 0.3) is 10.2 Å². The lowest BCUT2D eigenvalue weighted by molar-refractivity contribution is -0.669. The zero-order valence-corrected chi connectivity index (χ0v) is 16.3. The molecule has 2 aromatic carbocycles. The van der Waals surface area contributed by atoms with E-state index in [4.69, 9.17) is 4.74 Å². The van der Waals surface area contributed by atoms with E-state index in [1.165, 1.54) is 27.4 Å². The quantitative estimate of drug-likeness (QED) is 0.516. The van der Waals surface area contributed by atoms with Gasteiger partial charge in [-0.3, -0.25) is 0 Å². The third-order valence-electron chi connectivity index (χ3n) is 3.72. The molecule has 0 saturated carbocycles. The highest BCUT2D eigenvalue weighted by molar-refractivity contribution is 7.85. The lowest BCUT2D eigenvalue weighted by Crippen LogP contribution is -2.33. The smallest absolute Gasteiger partial charge is 0.235 e. The first kappa shape index (κ1) is 19.4. The third kappa shape index (κ3) is 4.78.